The molecule has 3 saturated heterocycles. The number of hydrogen-bond acceptors (Lipinski definition) is 7. The normalized spacial score (nSPS) is 39.4. The van der Waals surface area contributed by atoms with Crippen LogP contribution in [-0.2, 0) is 52.0 Å². The van der Waals surface area contributed by atoms with Crippen LogP contribution in [0, 0.1) is 45.8 Å². The first-order valence-corrected chi connectivity index (χ1v) is 26.0. The Bertz CT molecular complexity index is 2760. The van der Waals surface area contributed by atoms with Gasteiger partial charge in [0.15, 0.2) is 5.60 Å². The second-order valence-electron chi connectivity index (χ2n) is 23.3. The van der Waals surface area contributed by atoms with E-state index in [1.807, 2.05) is 0 Å². The number of ether oxygens (including phenoxy) is 2. The zero-order chi connectivity index (χ0) is 44.3. The highest BCUT2D eigenvalue weighted by Crippen LogP contribution is 2.87. The van der Waals surface area contributed by atoms with Crippen molar-refractivity contribution in [1.82, 2.24) is 9.80 Å². The zero-order valence-electron chi connectivity index (χ0n) is 39.0. The molecule has 3 aromatic rings. The predicted octanol–water partition coefficient (Wildman–Crippen LogP) is 9.71. The highest BCUT2D eigenvalue weighted by atomic mass is 16.6. The summed E-state index contributed by atoms with van der Waals surface area (Å²) in [4.78, 5) is 36.7. The molecule has 10 heterocycles. The number of carbonyl (C=O) groups excluding carboxylic acids is 2. The number of hydrogen-bond donors (Lipinski definition) is 1. The van der Waals surface area contributed by atoms with Crippen LogP contribution >= 0.6 is 0 Å². The quantitative estimate of drug-likeness (QED) is 0.263. The third-order valence-corrected chi connectivity index (χ3v) is 19.7. The zero-order valence-corrected chi connectivity index (χ0v) is 39.0. The summed E-state index contributed by atoms with van der Waals surface area (Å²) >= 11 is 0. The largest absolute Gasteiger partial charge is 0.449 e. The minimum atomic E-state index is -1.02. The molecule has 66 heavy (non-hydrogen) atoms. The molecule has 18 rings (SSSR count). The van der Waals surface area contributed by atoms with E-state index in [1.165, 1.54) is 56.7 Å². The van der Waals surface area contributed by atoms with Crippen LogP contribution in [0.1, 0.15) is 121 Å². The Morgan fingerprint density at radius 2 is 1.70 bits per heavy atom. The Hall–Kier alpha value is -4.72. The molecular weight excluding hydrogens is 815 g/mol. The minimum Gasteiger partial charge on any atom is -0.449 e. The van der Waals surface area contributed by atoms with E-state index in [9.17, 15) is 4.79 Å². The Morgan fingerprint density at radius 3 is 2.56 bits per heavy atom. The molecule has 4 spiro atoms. The average Bonchev–Trinajstić information content (AvgIpc) is 3.75. The SMILES string of the molecule is C[C@@H]1CC=C2[C@H]3C4=C5C=C(Cc6cc7cc(c6)Cc6ccc(cc6)C[C@]68C[C@H](CN2C6)CN(C8)[C@@H](C)C/C=C2/OC(=O)[C@@]56[C@H](CCCC7)[C@@]5(OC(=O)c7c(CCCN)cccc75)[C@]26CC4)[C@@H]31. The number of fused-ring (bicyclic) bond motifs is 6. The highest BCUT2D eigenvalue weighted by molar-refractivity contribution is 6.00. The van der Waals surface area contributed by atoms with Gasteiger partial charge >= 0.3 is 11.9 Å². The van der Waals surface area contributed by atoms with Crippen molar-refractivity contribution in [2.24, 2.45) is 51.6 Å². The maximum atomic E-state index is 16.0. The van der Waals surface area contributed by atoms with Gasteiger partial charge in [-0.3, -0.25) is 9.69 Å². The van der Waals surface area contributed by atoms with Gasteiger partial charge in [0, 0.05) is 60.7 Å². The number of piperidine rings is 2. The van der Waals surface area contributed by atoms with Crippen LogP contribution in [0.4, 0.5) is 0 Å². The third kappa shape index (κ3) is 5.17. The topological polar surface area (TPSA) is 85.1 Å². The van der Waals surface area contributed by atoms with Gasteiger partial charge in [-0.25, -0.2) is 4.79 Å². The lowest BCUT2D eigenvalue weighted by Gasteiger charge is -2.71. The van der Waals surface area contributed by atoms with Gasteiger partial charge in [-0.15, -0.1) is 0 Å². The van der Waals surface area contributed by atoms with Crippen LogP contribution in [0.2, 0.25) is 0 Å². The minimum absolute atomic E-state index is 0.106. The lowest BCUT2D eigenvalue weighted by atomic mass is 9.29. The van der Waals surface area contributed by atoms with Crippen LogP contribution in [0.15, 0.2) is 107 Å². The first kappa shape index (κ1) is 40.4. The third-order valence-electron chi connectivity index (χ3n) is 19.7. The first-order valence-electron chi connectivity index (χ1n) is 26.0. The summed E-state index contributed by atoms with van der Waals surface area (Å²) in [7, 11) is 0. The molecule has 3 aromatic carbocycles. The Morgan fingerprint density at radius 1 is 0.864 bits per heavy atom. The van der Waals surface area contributed by atoms with E-state index in [1.54, 1.807) is 0 Å². The van der Waals surface area contributed by atoms with Crippen LogP contribution in [-0.4, -0.2) is 60.5 Å². The maximum absolute atomic E-state index is 16.0. The molecule has 340 valence electrons. The number of carbonyl (C=O) groups is 2. The molecule has 7 heteroatoms. The van der Waals surface area contributed by atoms with Gasteiger partial charge in [0.1, 0.15) is 11.2 Å². The van der Waals surface area contributed by atoms with Gasteiger partial charge < -0.3 is 20.1 Å². The van der Waals surface area contributed by atoms with Gasteiger partial charge in [-0.05, 0) is 160 Å². The number of nitrogens with zero attached hydrogens (tertiary/aromatic N) is 2. The molecule has 18 bridgehead atoms. The Balaban J connectivity index is 1.07. The monoisotopic (exact) mass is 879 g/mol. The fraction of sp³-hybridized carbons (Fsp3) is 0.525. The molecule has 1 unspecified atom stereocenters. The van der Waals surface area contributed by atoms with E-state index in [0.29, 0.717) is 29.9 Å². The van der Waals surface area contributed by atoms with E-state index in [-0.39, 0.29) is 35.2 Å². The highest BCUT2D eigenvalue weighted by Gasteiger charge is 2.92. The summed E-state index contributed by atoms with van der Waals surface area (Å²) in [5.41, 5.74) is 18.8. The van der Waals surface area contributed by atoms with Gasteiger partial charge in [0.2, 0.25) is 0 Å². The predicted molar refractivity (Wildman–Crippen MR) is 255 cm³/mol. The van der Waals surface area contributed by atoms with E-state index in [0.717, 1.165) is 127 Å². The van der Waals surface area contributed by atoms with Crippen molar-refractivity contribution in [3.8, 4) is 0 Å². The molecule has 15 aliphatic rings. The number of rotatable bonds is 3. The van der Waals surface area contributed by atoms with E-state index >= 15 is 4.79 Å². The van der Waals surface area contributed by atoms with Crippen molar-refractivity contribution in [1.29, 1.82) is 0 Å². The smallest absolute Gasteiger partial charge is 0.339 e. The van der Waals surface area contributed by atoms with Crippen molar-refractivity contribution in [3.05, 3.63) is 152 Å². The number of aryl methyl sites for hydroxylation is 2. The van der Waals surface area contributed by atoms with Crippen molar-refractivity contribution in [2.45, 2.75) is 115 Å². The van der Waals surface area contributed by atoms with E-state index in [4.69, 9.17) is 15.2 Å². The molecule has 0 aromatic heterocycles. The van der Waals surface area contributed by atoms with Crippen molar-refractivity contribution < 1.29 is 19.1 Å². The first-order chi connectivity index (χ1) is 32.1. The van der Waals surface area contributed by atoms with Gasteiger partial charge in [0.25, 0.3) is 0 Å². The van der Waals surface area contributed by atoms with Gasteiger partial charge in [-0.1, -0.05) is 97.3 Å². The van der Waals surface area contributed by atoms with Crippen LogP contribution < -0.4 is 5.73 Å². The average molecular weight is 880 g/mol. The summed E-state index contributed by atoms with van der Waals surface area (Å²) in [6.45, 7) is 9.75. The molecule has 7 nitrogen and oxygen atoms in total. The van der Waals surface area contributed by atoms with Crippen molar-refractivity contribution >= 4 is 11.9 Å². The fourth-order valence-corrected chi connectivity index (χ4v) is 17.6. The number of nitrogens with two attached hydrogens (primary N) is 1. The summed E-state index contributed by atoms with van der Waals surface area (Å²) in [5.74, 6) is 1.71. The molecule has 4 fully saturated rings. The Kier molecular flexibility index (Phi) is 8.66. The van der Waals surface area contributed by atoms with Crippen LogP contribution in [0.25, 0.3) is 0 Å². The maximum Gasteiger partial charge on any atom is 0.339 e. The van der Waals surface area contributed by atoms with Crippen LogP contribution in [0.5, 0.6) is 0 Å². The number of benzene rings is 3. The molecule has 0 amide bonds. The molecule has 1 saturated carbocycles. The summed E-state index contributed by atoms with van der Waals surface area (Å²) < 4.78 is 14.3. The van der Waals surface area contributed by atoms with Gasteiger partial charge in [0.05, 0.1) is 11.0 Å². The fourth-order valence-electron chi connectivity index (χ4n) is 17.6. The lowest BCUT2D eigenvalue weighted by Crippen LogP contribution is -2.77. The standard InChI is InChI=1S/C59H65N3O4/c1-35-12-18-48-53-45-20-21-57-50-19-13-36(2)61-31-42-30-56(33-61,34-62(48)32-42)29-38-16-14-37(15-17-38)23-40-24-39-7-3-4-11-49(59(57)46-10-5-8-43(9-6-22-60)52(46)54(63)66-59)58(57,55(64)65-50)47(45)28-44(51(35)53)27-41(25-39)26-40/h5,8,10,14-19,24-26,28,35-36,42,49,51,53H,3-4,6-7,9,11-13,20-23,27,29-34,60H2,1-2H3/b50-19+/t35-,36+,42+,49+,51+,53-,56-,57-,58+,59-/m1/s1. The number of allylic oxidation sites excluding steroid dienone is 4. The van der Waals surface area contributed by atoms with Gasteiger partial charge in [-0.2, -0.15) is 0 Å². The van der Waals surface area contributed by atoms with Crippen LogP contribution in [0.3, 0.4) is 0 Å². The van der Waals surface area contributed by atoms with Crippen molar-refractivity contribution in [2.75, 3.05) is 32.7 Å². The second-order valence-corrected chi connectivity index (χ2v) is 23.3. The molecule has 10 aliphatic heterocycles. The summed E-state index contributed by atoms with van der Waals surface area (Å²) in [6, 6.07) is 23.9. The van der Waals surface area contributed by atoms with E-state index < -0.39 is 16.4 Å². The lowest BCUT2D eigenvalue weighted by molar-refractivity contribution is -0.275. The summed E-state index contributed by atoms with van der Waals surface area (Å²) in [6.07, 6.45) is 20.3. The summed E-state index contributed by atoms with van der Waals surface area (Å²) in [5, 5.41) is 0. The molecule has 2 N–H and O–H groups in total. The second kappa shape index (κ2) is 14.2. The number of esters is 2. The Labute approximate surface area is 390 Å². The molecule has 5 aliphatic carbocycles. The molecular formula is C59H65N3O4. The molecule has 11 atom stereocenters. The van der Waals surface area contributed by atoms with E-state index in [2.05, 4.69) is 103 Å². The molecule has 0 radical (unpaired) electrons. The van der Waals surface area contributed by atoms with Crippen molar-refractivity contribution in [3.63, 3.8) is 0 Å².